The summed E-state index contributed by atoms with van der Waals surface area (Å²) in [4.78, 5) is 10.4. The van der Waals surface area contributed by atoms with Crippen LogP contribution in [0.4, 0.5) is 18.9 Å². The lowest BCUT2D eigenvalue weighted by Crippen LogP contribution is -2.06. The Hall–Kier alpha value is -3.64. The van der Waals surface area contributed by atoms with E-state index in [4.69, 9.17) is 4.74 Å². The molecule has 3 rings (SSSR count). The number of halogens is 4. The molecular weight excluding hydrogens is 477 g/mol. The highest BCUT2D eigenvalue weighted by atomic mass is 79.9. The Morgan fingerprint density at radius 1 is 1.06 bits per heavy atom. The van der Waals surface area contributed by atoms with Crippen molar-refractivity contribution in [2.24, 2.45) is 0 Å². The molecule has 9 heteroatoms. The van der Waals surface area contributed by atoms with Crippen molar-refractivity contribution in [3.05, 3.63) is 98.0 Å². The third-order valence-corrected chi connectivity index (χ3v) is 4.67. The Bertz CT molecular complexity index is 1200. The molecule has 0 aliphatic heterocycles. The van der Waals surface area contributed by atoms with Gasteiger partial charge in [0.1, 0.15) is 5.75 Å². The summed E-state index contributed by atoms with van der Waals surface area (Å²) in [5.41, 5.74) is -0.611. The second-order valence-electron chi connectivity index (χ2n) is 6.26. The van der Waals surface area contributed by atoms with Crippen LogP contribution >= 0.6 is 15.9 Å². The molecule has 156 valence electrons. The van der Waals surface area contributed by atoms with Crippen LogP contribution in [-0.2, 0) is 6.18 Å². The normalized spacial score (nSPS) is 11.6. The summed E-state index contributed by atoms with van der Waals surface area (Å²) in [5, 5.41) is 20.9. The first-order valence-electron chi connectivity index (χ1n) is 8.69. The minimum absolute atomic E-state index is 0.134. The van der Waals surface area contributed by atoms with Crippen molar-refractivity contribution in [3.63, 3.8) is 0 Å². The van der Waals surface area contributed by atoms with E-state index < -0.39 is 22.4 Å². The number of nitro groups is 1. The maximum absolute atomic E-state index is 12.9. The van der Waals surface area contributed by atoms with Crippen molar-refractivity contribution in [1.29, 1.82) is 5.26 Å². The summed E-state index contributed by atoms with van der Waals surface area (Å²) in [7, 11) is 0. The molecule has 0 atom stereocenters. The van der Waals surface area contributed by atoms with Gasteiger partial charge >= 0.3 is 11.9 Å². The lowest BCUT2D eigenvalue weighted by atomic mass is 10.0. The van der Waals surface area contributed by atoms with Gasteiger partial charge in [-0.25, -0.2) is 0 Å². The van der Waals surface area contributed by atoms with E-state index in [9.17, 15) is 28.5 Å². The van der Waals surface area contributed by atoms with Crippen LogP contribution in [0.25, 0.3) is 11.6 Å². The predicted octanol–water partition coefficient (Wildman–Crippen LogP) is 7.23. The first-order valence-corrected chi connectivity index (χ1v) is 9.48. The second-order valence-corrected chi connectivity index (χ2v) is 7.17. The van der Waals surface area contributed by atoms with Gasteiger partial charge in [0, 0.05) is 16.1 Å². The topological polar surface area (TPSA) is 76.2 Å². The third-order valence-electron chi connectivity index (χ3n) is 4.18. The second kappa shape index (κ2) is 9.02. The minimum atomic E-state index is -4.73. The molecule has 0 heterocycles. The number of nitro benzene ring substituents is 1. The maximum atomic E-state index is 12.9. The molecule has 0 saturated carbocycles. The van der Waals surface area contributed by atoms with Gasteiger partial charge in [0.15, 0.2) is 0 Å². The highest BCUT2D eigenvalue weighted by molar-refractivity contribution is 9.10. The number of benzene rings is 3. The molecule has 0 N–H and O–H groups in total. The first-order chi connectivity index (χ1) is 14.7. The van der Waals surface area contributed by atoms with Gasteiger partial charge in [-0.3, -0.25) is 10.1 Å². The number of hydrogen-bond acceptors (Lipinski definition) is 4. The van der Waals surface area contributed by atoms with Gasteiger partial charge in [0.2, 0.25) is 5.75 Å². The van der Waals surface area contributed by atoms with Gasteiger partial charge in [-0.2, -0.15) is 18.4 Å². The minimum Gasteiger partial charge on any atom is -0.449 e. The van der Waals surface area contributed by atoms with Crippen molar-refractivity contribution < 1.29 is 22.8 Å². The standard InChI is InChI=1S/C22H12BrF3N2O3/c23-18-7-9-20(15(11-18)10-16(13-27)14-4-2-1-3-5-14)31-21-8-6-17(22(24,25)26)12-19(21)28(29)30/h1-12H/b16-10+. The number of allylic oxidation sites excluding steroid dienone is 1. The van der Waals surface area contributed by atoms with Crippen LogP contribution in [0.5, 0.6) is 11.5 Å². The van der Waals surface area contributed by atoms with Crippen molar-refractivity contribution in [2.45, 2.75) is 6.18 Å². The number of rotatable bonds is 5. The fourth-order valence-corrected chi connectivity index (χ4v) is 3.10. The molecule has 5 nitrogen and oxygen atoms in total. The monoisotopic (exact) mass is 488 g/mol. The molecule has 0 saturated heterocycles. The molecule has 0 unspecified atom stereocenters. The molecule has 0 radical (unpaired) electrons. The van der Waals surface area contributed by atoms with Crippen molar-refractivity contribution >= 4 is 33.3 Å². The highest BCUT2D eigenvalue weighted by Crippen LogP contribution is 2.39. The van der Waals surface area contributed by atoms with E-state index in [-0.39, 0.29) is 11.5 Å². The highest BCUT2D eigenvalue weighted by Gasteiger charge is 2.33. The zero-order valence-corrected chi connectivity index (χ0v) is 17.1. The molecule has 3 aromatic rings. The van der Waals surface area contributed by atoms with Crippen molar-refractivity contribution in [1.82, 2.24) is 0 Å². The number of nitrogens with zero attached hydrogens (tertiary/aromatic N) is 2. The van der Waals surface area contributed by atoms with Crippen LogP contribution in [-0.4, -0.2) is 4.92 Å². The quantitative estimate of drug-likeness (QED) is 0.164. The van der Waals surface area contributed by atoms with Gasteiger partial charge in [0.25, 0.3) is 0 Å². The molecule has 0 aliphatic rings. The SMILES string of the molecule is N#C/C(=C\c1cc(Br)ccc1Oc1ccc(C(F)(F)F)cc1[N+](=O)[O-])c1ccccc1. The van der Waals surface area contributed by atoms with Crippen molar-refractivity contribution in [2.75, 3.05) is 0 Å². The molecule has 0 spiro atoms. The molecule has 3 aromatic carbocycles. The van der Waals surface area contributed by atoms with Crippen LogP contribution in [0, 0.1) is 21.4 Å². The van der Waals surface area contributed by atoms with Crippen molar-refractivity contribution in [3.8, 4) is 17.6 Å². The molecule has 31 heavy (non-hydrogen) atoms. The van der Waals surface area contributed by atoms with E-state index in [0.29, 0.717) is 33.3 Å². The fraction of sp³-hybridized carbons (Fsp3) is 0.0455. The Morgan fingerprint density at radius 2 is 1.74 bits per heavy atom. The van der Waals surface area contributed by atoms with E-state index >= 15 is 0 Å². The number of ether oxygens (including phenoxy) is 1. The van der Waals surface area contributed by atoms with Gasteiger partial charge in [-0.15, -0.1) is 0 Å². The van der Waals surface area contributed by atoms with Gasteiger partial charge in [-0.05, 0) is 42.0 Å². The van der Waals surface area contributed by atoms with Crippen LogP contribution in [0.2, 0.25) is 0 Å². The van der Waals surface area contributed by atoms with Crippen LogP contribution < -0.4 is 4.74 Å². The van der Waals surface area contributed by atoms with E-state index in [1.165, 1.54) is 12.1 Å². The van der Waals surface area contributed by atoms with E-state index in [2.05, 4.69) is 22.0 Å². The smallest absolute Gasteiger partial charge is 0.416 e. The predicted molar refractivity (Wildman–Crippen MR) is 112 cm³/mol. The third kappa shape index (κ3) is 5.29. The zero-order chi connectivity index (χ0) is 22.6. The lowest BCUT2D eigenvalue weighted by molar-refractivity contribution is -0.385. The number of nitriles is 1. The first kappa shape index (κ1) is 22.1. The molecule has 0 bridgehead atoms. The summed E-state index contributed by atoms with van der Waals surface area (Å²) in [6.07, 6.45) is -3.20. The summed E-state index contributed by atoms with van der Waals surface area (Å²) < 4.78 is 45.1. The average molecular weight is 489 g/mol. The molecular formula is C22H12BrF3N2O3. The average Bonchev–Trinajstić information content (AvgIpc) is 2.73. The van der Waals surface area contributed by atoms with E-state index in [0.717, 1.165) is 6.07 Å². The molecule has 0 fully saturated rings. The fourth-order valence-electron chi connectivity index (χ4n) is 2.72. The van der Waals surface area contributed by atoms with E-state index in [1.54, 1.807) is 42.5 Å². The van der Waals surface area contributed by atoms with Gasteiger partial charge in [-0.1, -0.05) is 46.3 Å². The maximum Gasteiger partial charge on any atom is 0.416 e. The van der Waals surface area contributed by atoms with Crippen LogP contribution in [0.3, 0.4) is 0 Å². The Morgan fingerprint density at radius 3 is 2.35 bits per heavy atom. The van der Waals surface area contributed by atoms with Gasteiger partial charge in [0.05, 0.1) is 22.1 Å². The molecule has 0 aromatic heterocycles. The molecule has 0 aliphatic carbocycles. The summed E-state index contributed by atoms with van der Waals surface area (Å²) in [6, 6.07) is 17.7. The van der Waals surface area contributed by atoms with Gasteiger partial charge < -0.3 is 4.74 Å². The Labute approximate surface area is 183 Å². The van der Waals surface area contributed by atoms with E-state index in [1.807, 2.05) is 0 Å². The van der Waals surface area contributed by atoms with Crippen LogP contribution in [0.1, 0.15) is 16.7 Å². The number of hydrogen-bond donors (Lipinski definition) is 0. The number of alkyl halides is 3. The largest absolute Gasteiger partial charge is 0.449 e. The zero-order valence-electron chi connectivity index (χ0n) is 15.6. The summed E-state index contributed by atoms with van der Waals surface area (Å²) in [6.45, 7) is 0. The lowest BCUT2D eigenvalue weighted by Gasteiger charge is -2.12. The Kier molecular flexibility index (Phi) is 6.42. The Balaban J connectivity index is 2.07. The van der Waals surface area contributed by atoms with Crippen LogP contribution in [0.15, 0.2) is 71.2 Å². The summed E-state index contributed by atoms with van der Waals surface area (Å²) in [5.74, 6) is -0.220. The summed E-state index contributed by atoms with van der Waals surface area (Å²) >= 11 is 3.32. The molecule has 0 amide bonds.